The topological polar surface area (TPSA) is 88.7 Å². The lowest BCUT2D eigenvalue weighted by molar-refractivity contribution is -0.386. The molecule has 0 saturated carbocycles. The van der Waals surface area contributed by atoms with Gasteiger partial charge in [0, 0.05) is 32.8 Å². The molecular formula is C19H35N3O5Si. The molecule has 0 amide bonds. The van der Waals surface area contributed by atoms with Crippen molar-refractivity contribution in [1.29, 1.82) is 0 Å². The van der Waals surface area contributed by atoms with E-state index in [0.717, 1.165) is 26.1 Å². The Bertz CT molecular complexity index is 663. The maximum Gasteiger partial charge on any atom is 0.352 e. The van der Waals surface area contributed by atoms with Crippen molar-refractivity contribution in [2.24, 2.45) is 5.92 Å². The van der Waals surface area contributed by atoms with Gasteiger partial charge in [-0.3, -0.25) is 14.8 Å². The van der Waals surface area contributed by atoms with Gasteiger partial charge in [-0.2, -0.15) is 0 Å². The molecule has 1 aromatic rings. The summed E-state index contributed by atoms with van der Waals surface area (Å²) in [7, 11) is -1.79. The molecule has 8 nitrogen and oxygen atoms in total. The predicted molar refractivity (Wildman–Crippen MR) is 110 cm³/mol. The summed E-state index contributed by atoms with van der Waals surface area (Å²) in [6, 6.07) is 0. The Hall–Kier alpha value is -1.45. The van der Waals surface area contributed by atoms with Crippen LogP contribution in [0.3, 0.4) is 0 Å². The van der Waals surface area contributed by atoms with Gasteiger partial charge in [0.2, 0.25) is 0 Å². The highest BCUT2D eigenvalue weighted by Gasteiger charge is 2.36. The highest BCUT2D eigenvalue weighted by atomic mass is 28.4. The molecule has 0 aromatic carbocycles. The normalized spacial score (nSPS) is 16.4. The summed E-state index contributed by atoms with van der Waals surface area (Å²) in [6.45, 7) is 15.8. The number of nitro groups is 1. The lowest BCUT2D eigenvalue weighted by atomic mass is 10.0. The summed E-state index contributed by atoms with van der Waals surface area (Å²) in [5.41, 5.74) is 0.515. The van der Waals surface area contributed by atoms with E-state index in [2.05, 4.69) is 39.0 Å². The molecule has 0 unspecified atom stereocenters. The lowest BCUT2D eigenvalue weighted by Gasteiger charge is -2.36. The van der Waals surface area contributed by atoms with Crippen molar-refractivity contribution in [3.05, 3.63) is 15.8 Å². The number of hydrogen-bond donors (Lipinski definition) is 0. The third-order valence-corrected chi connectivity index (χ3v) is 10.4. The molecule has 1 aromatic heterocycles. The van der Waals surface area contributed by atoms with Crippen LogP contribution < -0.4 is 4.74 Å². The van der Waals surface area contributed by atoms with Gasteiger partial charge >= 0.3 is 11.6 Å². The SMILES string of the molecule is Cc1c([N+](=O)[O-])c(OCCCO[Si](C)(C)C(C)(C)C)nn1CC1CCOCC1. The Kier molecular flexibility index (Phi) is 7.63. The Balaban J connectivity index is 1.93. The fraction of sp³-hybridized carbons (Fsp3) is 0.842. The summed E-state index contributed by atoms with van der Waals surface area (Å²) in [5.74, 6) is 0.541. The Labute approximate surface area is 168 Å². The highest BCUT2D eigenvalue weighted by molar-refractivity contribution is 6.74. The van der Waals surface area contributed by atoms with Gasteiger partial charge in [0.05, 0.1) is 11.5 Å². The smallest absolute Gasteiger partial charge is 0.352 e. The molecule has 1 aliphatic heterocycles. The lowest BCUT2D eigenvalue weighted by Crippen LogP contribution is -2.41. The van der Waals surface area contributed by atoms with Gasteiger partial charge < -0.3 is 13.9 Å². The van der Waals surface area contributed by atoms with Crippen molar-refractivity contribution in [1.82, 2.24) is 9.78 Å². The predicted octanol–water partition coefficient (Wildman–Crippen LogP) is 4.32. The average molecular weight is 414 g/mol. The molecule has 0 radical (unpaired) electrons. The van der Waals surface area contributed by atoms with Gasteiger partial charge in [-0.1, -0.05) is 20.8 Å². The minimum absolute atomic E-state index is 0.0302. The first-order valence-electron chi connectivity index (χ1n) is 10.1. The second-order valence-electron chi connectivity index (χ2n) is 9.04. The third-order valence-electron chi connectivity index (χ3n) is 5.90. The van der Waals surface area contributed by atoms with Gasteiger partial charge in [0.25, 0.3) is 0 Å². The number of ether oxygens (including phenoxy) is 2. The van der Waals surface area contributed by atoms with Crippen molar-refractivity contribution in [2.45, 2.75) is 71.6 Å². The molecule has 160 valence electrons. The van der Waals surface area contributed by atoms with Crippen molar-refractivity contribution in [3.8, 4) is 5.88 Å². The molecular weight excluding hydrogens is 378 g/mol. The van der Waals surface area contributed by atoms with E-state index in [-0.39, 0.29) is 16.6 Å². The largest absolute Gasteiger partial charge is 0.472 e. The summed E-state index contributed by atoms with van der Waals surface area (Å²) >= 11 is 0. The molecule has 0 atom stereocenters. The third kappa shape index (κ3) is 5.77. The molecule has 1 fully saturated rings. The maximum absolute atomic E-state index is 11.5. The van der Waals surface area contributed by atoms with Crippen LogP contribution in [0.2, 0.25) is 18.1 Å². The summed E-state index contributed by atoms with van der Waals surface area (Å²) in [6.07, 6.45) is 2.58. The van der Waals surface area contributed by atoms with E-state index in [0.29, 0.717) is 37.8 Å². The summed E-state index contributed by atoms with van der Waals surface area (Å²) in [5, 5.41) is 16.1. The standard InChI is InChI=1S/C19H35N3O5Si/c1-15-17(22(23)24)18(20-21(15)14-16-8-12-25-13-9-16)26-10-7-11-27-28(5,6)19(2,3)4/h16H,7-14H2,1-6H3. The summed E-state index contributed by atoms with van der Waals surface area (Å²) in [4.78, 5) is 11.1. The quantitative estimate of drug-likeness (QED) is 0.259. The molecule has 2 heterocycles. The first-order valence-corrected chi connectivity index (χ1v) is 13.0. The van der Waals surface area contributed by atoms with E-state index in [4.69, 9.17) is 13.9 Å². The molecule has 1 saturated heterocycles. The molecule has 0 aliphatic carbocycles. The van der Waals surface area contributed by atoms with Crippen molar-refractivity contribution >= 4 is 14.0 Å². The van der Waals surface area contributed by atoms with Crippen LogP contribution in [-0.4, -0.2) is 49.4 Å². The van der Waals surface area contributed by atoms with Crippen LogP contribution in [0.1, 0.15) is 45.7 Å². The number of aromatic nitrogens is 2. The molecule has 9 heteroatoms. The van der Waals surface area contributed by atoms with E-state index in [9.17, 15) is 10.1 Å². The van der Waals surface area contributed by atoms with Gasteiger partial charge in [-0.25, -0.2) is 0 Å². The highest BCUT2D eigenvalue weighted by Crippen LogP contribution is 2.36. The van der Waals surface area contributed by atoms with Crippen LogP contribution in [0.15, 0.2) is 0 Å². The minimum atomic E-state index is -1.79. The maximum atomic E-state index is 11.5. The molecule has 2 rings (SSSR count). The first kappa shape index (κ1) is 22.8. The fourth-order valence-electron chi connectivity index (χ4n) is 2.94. The monoisotopic (exact) mass is 413 g/mol. The number of rotatable bonds is 9. The zero-order chi connectivity index (χ0) is 20.9. The van der Waals surface area contributed by atoms with Gasteiger partial charge in [0.1, 0.15) is 5.69 Å². The van der Waals surface area contributed by atoms with Crippen LogP contribution in [0.25, 0.3) is 0 Å². The molecule has 0 bridgehead atoms. The second kappa shape index (κ2) is 9.36. The van der Waals surface area contributed by atoms with Crippen LogP contribution >= 0.6 is 0 Å². The molecule has 0 N–H and O–H groups in total. The van der Waals surface area contributed by atoms with Crippen LogP contribution in [-0.2, 0) is 15.7 Å². The van der Waals surface area contributed by atoms with Crippen molar-refractivity contribution in [3.63, 3.8) is 0 Å². The van der Waals surface area contributed by atoms with Crippen LogP contribution in [0.5, 0.6) is 5.88 Å². The van der Waals surface area contributed by atoms with Crippen LogP contribution in [0.4, 0.5) is 5.69 Å². The zero-order valence-electron chi connectivity index (χ0n) is 18.1. The Morgan fingerprint density at radius 3 is 2.50 bits per heavy atom. The second-order valence-corrected chi connectivity index (χ2v) is 13.9. The Morgan fingerprint density at radius 1 is 1.29 bits per heavy atom. The summed E-state index contributed by atoms with van der Waals surface area (Å²) < 4.78 is 18.9. The first-order chi connectivity index (χ1) is 13.0. The number of hydrogen-bond acceptors (Lipinski definition) is 6. The van der Waals surface area contributed by atoms with Gasteiger partial charge in [-0.15, -0.1) is 5.10 Å². The van der Waals surface area contributed by atoms with E-state index in [1.165, 1.54) is 0 Å². The fourth-order valence-corrected chi connectivity index (χ4v) is 4.03. The van der Waals surface area contributed by atoms with E-state index < -0.39 is 13.2 Å². The van der Waals surface area contributed by atoms with E-state index >= 15 is 0 Å². The van der Waals surface area contributed by atoms with Crippen molar-refractivity contribution in [2.75, 3.05) is 26.4 Å². The van der Waals surface area contributed by atoms with E-state index in [1.54, 1.807) is 11.6 Å². The molecule has 0 spiro atoms. The van der Waals surface area contributed by atoms with E-state index in [1.807, 2.05) is 0 Å². The Morgan fingerprint density at radius 2 is 1.93 bits per heavy atom. The molecule has 28 heavy (non-hydrogen) atoms. The number of nitrogens with zero attached hydrogens (tertiary/aromatic N) is 3. The van der Waals surface area contributed by atoms with Gasteiger partial charge in [-0.05, 0) is 43.8 Å². The molecule has 1 aliphatic rings. The zero-order valence-corrected chi connectivity index (χ0v) is 19.1. The average Bonchev–Trinajstić information content (AvgIpc) is 2.90. The van der Waals surface area contributed by atoms with Gasteiger partial charge in [0.15, 0.2) is 8.32 Å². The van der Waals surface area contributed by atoms with Crippen LogP contribution in [0, 0.1) is 23.0 Å². The minimum Gasteiger partial charge on any atom is -0.472 e. The van der Waals surface area contributed by atoms with Crippen molar-refractivity contribution < 1.29 is 18.8 Å².